The highest BCUT2D eigenvalue weighted by atomic mass is 19.1. The van der Waals surface area contributed by atoms with Crippen molar-refractivity contribution in [1.29, 1.82) is 0 Å². The molecule has 1 aliphatic heterocycles. The van der Waals surface area contributed by atoms with E-state index in [-0.39, 0.29) is 29.9 Å². The van der Waals surface area contributed by atoms with Crippen LogP contribution < -0.4 is 9.97 Å². The van der Waals surface area contributed by atoms with E-state index in [9.17, 15) is 19.0 Å². The molecule has 6 nitrogen and oxygen atoms in total. The fraction of sp³-hybridized carbons (Fsp3) is 0.222. The zero-order valence-electron chi connectivity index (χ0n) is 14.1. The third kappa shape index (κ3) is 3.70. The summed E-state index contributed by atoms with van der Waals surface area (Å²) in [7, 11) is -1.33. The number of benzene rings is 2. The Labute approximate surface area is 150 Å². The number of ether oxygens (including phenoxy) is 1. The van der Waals surface area contributed by atoms with E-state index in [1.807, 2.05) is 0 Å². The molecule has 0 saturated carbocycles. The molecule has 1 aliphatic rings. The molecule has 0 fully saturated rings. The number of carbonyl (C=O) groups is 2. The summed E-state index contributed by atoms with van der Waals surface area (Å²) in [5.74, 6) is -1.89. The average molecular weight is 357 g/mol. The highest BCUT2D eigenvalue weighted by Gasteiger charge is 2.38. The number of carbonyl (C=O) groups excluding carboxylic acids is 2. The van der Waals surface area contributed by atoms with Gasteiger partial charge in [0.25, 0.3) is 5.91 Å². The lowest BCUT2D eigenvalue weighted by Gasteiger charge is -2.29. The number of esters is 1. The summed E-state index contributed by atoms with van der Waals surface area (Å²) in [6, 6.07) is 10.1. The van der Waals surface area contributed by atoms with Gasteiger partial charge in [-0.15, -0.1) is 0 Å². The van der Waals surface area contributed by atoms with Gasteiger partial charge in [0.1, 0.15) is 17.1 Å². The molecule has 134 valence electrons. The predicted molar refractivity (Wildman–Crippen MR) is 92.4 cm³/mol. The molecule has 3 rings (SSSR count). The topological polar surface area (TPSA) is 84.9 Å². The number of amides is 1. The van der Waals surface area contributed by atoms with Crippen molar-refractivity contribution in [2.45, 2.75) is 19.3 Å². The van der Waals surface area contributed by atoms with E-state index < -0.39 is 30.8 Å². The lowest BCUT2D eigenvalue weighted by atomic mass is 9.72. The highest BCUT2D eigenvalue weighted by Crippen LogP contribution is 2.30. The summed E-state index contributed by atoms with van der Waals surface area (Å²) in [6.45, 7) is 1.92. The first kappa shape index (κ1) is 17.9. The number of hydrogen-bond donors (Lipinski definition) is 2. The minimum atomic E-state index is -1.33. The van der Waals surface area contributed by atoms with Crippen molar-refractivity contribution in [2.24, 2.45) is 0 Å². The van der Waals surface area contributed by atoms with Crippen LogP contribution in [0.25, 0.3) is 0 Å². The molecule has 2 aromatic rings. The van der Waals surface area contributed by atoms with Gasteiger partial charge in [0.05, 0.1) is 12.5 Å². The second kappa shape index (κ2) is 7.57. The van der Waals surface area contributed by atoms with Gasteiger partial charge < -0.3 is 19.7 Å². The van der Waals surface area contributed by atoms with E-state index >= 15 is 0 Å². The molecule has 0 bridgehead atoms. The van der Waals surface area contributed by atoms with Gasteiger partial charge in [-0.1, -0.05) is 12.1 Å². The van der Waals surface area contributed by atoms with Gasteiger partial charge in [0, 0.05) is 5.56 Å². The van der Waals surface area contributed by atoms with Crippen LogP contribution in [0.5, 0.6) is 5.75 Å². The van der Waals surface area contributed by atoms with Crippen molar-refractivity contribution in [3.63, 3.8) is 0 Å². The number of rotatable bonds is 4. The molecule has 0 saturated heterocycles. The number of fused-ring (bicyclic) bond motifs is 1. The summed E-state index contributed by atoms with van der Waals surface area (Å²) in [6.07, 6.45) is 0.274. The standard InChI is InChI=1S/C18H17BFNO5/c1-2-25-18(23)14-5-3-4-12-10-15(19(24)26-16(12)14)21-17(22)11-6-8-13(20)9-7-11/h3-9,15,24H,2,10H2,1H3,(H,21,22)/t15-/m0/s1. The largest absolute Gasteiger partial charge is 0.547 e. The van der Waals surface area contributed by atoms with Crippen LogP contribution in [0.1, 0.15) is 33.2 Å². The predicted octanol–water partition coefficient (Wildman–Crippen LogP) is 1.76. The van der Waals surface area contributed by atoms with Crippen molar-refractivity contribution in [2.75, 3.05) is 6.61 Å². The Balaban J connectivity index is 1.77. The van der Waals surface area contributed by atoms with E-state index in [4.69, 9.17) is 9.39 Å². The summed E-state index contributed by atoms with van der Waals surface area (Å²) >= 11 is 0. The summed E-state index contributed by atoms with van der Waals surface area (Å²) < 4.78 is 23.4. The molecule has 26 heavy (non-hydrogen) atoms. The minimum absolute atomic E-state index is 0.224. The number of halogens is 1. The molecule has 0 spiro atoms. The molecular formula is C18H17BFNO5. The van der Waals surface area contributed by atoms with Gasteiger partial charge >= 0.3 is 13.1 Å². The summed E-state index contributed by atoms with van der Waals surface area (Å²) in [5.41, 5.74) is 1.17. The molecule has 0 aromatic heterocycles. The third-order valence-corrected chi connectivity index (χ3v) is 4.04. The maximum atomic E-state index is 13.0. The normalized spacial score (nSPS) is 15.7. The van der Waals surface area contributed by atoms with E-state index in [0.717, 1.165) is 0 Å². The van der Waals surface area contributed by atoms with Gasteiger partial charge in [-0.25, -0.2) is 9.18 Å². The molecular weight excluding hydrogens is 340 g/mol. The number of para-hydroxylation sites is 1. The SMILES string of the molecule is CCOC(=O)c1cccc2c1OB(O)[C@@H](NC(=O)c1ccc(F)cc1)C2. The number of hydrogen-bond acceptors (Lipinski definition) is 5. The number of nitrogens with one attached hydrogen (secondary N) is 1. The van der Waals surface area contributed by atoms with Crippen molar-refractivity contribution in [3.8, 4) is 5.75 Å². The second-order valence-electron chi connectivity index (χ2n) is 5.81. The first-order chi connectivity index (χ1) is 12.5. The molecule has 0 unspecified atom stereocenters. The van der Waals surface area contributed by atoms with E-state index in [2.05, 4.69) is 5.32 Å². The molecule has 1 heterocycles. The first-order valence-corrected chi connectivity index (χ1v) is 8.19. The lowest BCUT2D eigenvalue weighted by molar-refractivity contribution is 0.0523. The van der Waals surface area contributed by atoms with E-state index in [0.29, 0.717) is 5.56 Å². The monoisotopic (exact) mass is 357 g/mol. The summed E-state index contributed by atoms with van der Waals surface area (Å²) in [5, 5.41) is 12.9. The smallest absolute Gasteiger partial charge is 0.534 e. The fourth-order valence-corrected chi connectivity index (χ4v) is 2.77. The molecule has 2 aromatic carbocycles. The molecule has 2 N–H and O–H groups in total. The van der Waals surface area contributed by atoms with Gasteiger partial charge in [0.15, 0.2) is 0 Å². The van der Waals surface area contributed by atoms with Crippen LogP contribution in [0.2, 0.25) is 0 Å². The Morgan fingerprint density at radius 3 is 2.73 bits per heavy atom. The fourth-order valence-electron chi connectivity index (χ4n) is 2.77. The quantitative estimate of drug-likeness (QED) is 0.644. The Bertz CT molecular complexity index is 827. The lowest BCUT2D eigenvalue weighted by Crippen LogP contribution is -2.53. The van der Waals surface area contributed by atoms with Crippen LogP contribution >= 0.6 is 0 Å². The Kier molecular flexibility index (Phi) is 5.23. The van der Waals surface area contributed by atoms with Gasteiger partial charge in [-0.2, -0.15) is 0 Å². The van der Waals surface area contributed by atoms with E-state index in [1.165, 1.54) is 24.3 Å². The van der Waals surface area contributed by atoms with Gasteiger partial charge in [-0.05, 0) is 49.2 Å². The van der Waals surface area contributed by atoms with Crippen LogP contribution in [-0.2, 0) is 11.2 Å². The zero-order chi connectivity index (χ0) is 18.7. The molecule has 8 heteroatoms. The van der Waals surface area contributed by atoms with Crippen molar-refractivity contribution in [1.82, 2.24) is 5.32 Å². The van der Waals surface area contributed by atoms with Gasteiger partial charge in [0.2, 0.25) is 0 Å². The Morgan fingerprint density at radius 2 is 2.04 bits per heavy atom. The van der Waals surface area contributed by atoms with Crippen LogP contribution in [0, 0.1) is 5.82 Å². The molecule has 1 atom stereocenters. The van der Waals surface area contributed by atoms with Gasteiger partial charge in [-0.3, -0.25) is 4.79 Å². The van der Waals surface area contributed by atoms with Crippen LogP contribution in [0.15, 0.2) is 42.5 Å². The van der Waals surface area contributed by atoms with Crippen LogP contribution in [0.4, 0.5) is 4.39 Å². The maximum Gasteiger partial charge on any atom is 0.547 e. The average Bonchev–Trinajstić information content (AvgIpc) is 2.62. The maximum absolute atomic E-state index is 13.0. The molecule has 1 amide bonds. The zero-order valence-corrected chi connectivity index (χ0v) is 14.1. The van der Waals surface area contributed by atoms with Crippen LogP contribution in [-0.4, -0.2) is 36.6 Å². The van der Waals surface area contributed by atoms with Crippen molar-refractivity contribution >= 4 is 19.0 Å². The van der Waals surface area contributed by atoms with Crippen molar-refractivity contribution < 1.29 is 28.4 Å². The minimum Gasteiger partial charge on any atom is -0.534 e. The summed E-state index contributed by atoms with van der Waals surface area (Å²) in [4.78, 5) is 24.3. The Morgan fingerprint density at radius 1 is 1.31 bits per heavy atom. The molecule has 0 aliphatic carbocycles. The first-order valence-electron chi connectivity index (χ1n) is 8.19. The van der Waals surface area contributed by atoms with E-state index in [1.54, 1.807) is 25.1 Å². The van der Waals surface area contributed by atoms with Crippen molar-refractivity contribution in [3.05, 3.63) is 65.0 Å². The highest BCUT2D eigenvalue weighted by molar-refractivity contribution is 6.47. The molecule has 0 radical (unpaired) electrons. The Hall–Kier alpha value is -2.87. The second-order valence-corrected chi connectivity index (χ2v) is 5.81. The van der Waals surface area contributed by atoms with Crippen LogP contribution in [0.3, 0.4) is 0 Å². The third-order valence-electron chi connectivity index (χ3n) is 4.04.